The van der Waals surface area contributed by atoms with Crippen LogP contribution in [0.25, 0.3) is 10.9 Å². The zero-order chi connectivity index (χ0) is 22.4. The number of nitrogens with one attached hydrogen (secondary N) is 2. The van der Waals surface area contributed by atoms with Gasteiger partial charge in [-0.25, -0.2) is 4.98 Å². The highest BCUT2D eigenvalue weighted by Crippen LogP contribution is 2.34. The molecular weight excluding hydrogens is 402 g/mol. The normalized spacial score (nSPS) is 15.5. The van der Waals surface area contributed by atoms with Gasteiger partial charge in [0.05, 0.1) is 19.7 Å². The van der Waals surface area contributed by atoms with Gasteiger partial charge in [-0.05, 0) is 25.3 Å². The third kappa shape index (κ3) is 5.52. The van der Waals surface area contributed by atoms with E-state index in [1.54, 1.807) is 26.4 Å². The fourth-order valence-corrected chi connectivity index (χ4v) is 3.40. The largest absolute Gasteiger partial charge is 0.493 e. The molecule has 10 heteroatoms. The van der Waals surface area contributed by atoms with Gasteiger partial charge in [-0.15, -0.1) is 0 Å². The number of nitrogens with zero attached hydrogens (tertiary/aromatic N) is 3. The fourth-order valence-electron chi connectivity index (χ4n) is 3.40. The number of carbonyl (C=O) groups excluding carboxylic acids is 2. The van der Waals surface area contributed by atoms with Crippen molar-refractivity contribution in [1.82, 2.24) is 15.3 Å². The Morgan fingerprint density at radius 2 is 1.97 bits per heavy atom. The van der Waals surface area contributed by atoms with E-state index in [0.717, 1.165) is 12.8 Å². The number of anilines is 2. The van der Waals surface area contributed by atoms with E-state index < -0.39 is 0 Å². The van der Waals surface area contributed by atoms with E-state index in [-0.39, 0.29) is 17.9 Å². The standard InChI is InChI=1S/C21H29N5O5/c1-13(27)23-19-14-11-17(29-3)18(30-4)12-15(14)24-21(25-19)26(2)9-6-8-22-20(28)16-7-5-10-31-16/h11-12,16H,5-10H2,1-4H3,(H,22,28)(H,23,24,25,27). The molecule has 1 aliphatic rings. The second-order valence-corrected chi connectivity index (χ2v) is 7.35. The first-order valence-electron chi connectivity index (χ1n) is 10.2. The predicted molar refractivity (Wildman–Crippen MR) is 117 cm³/mol. The second-order valence-electron chi connectivity index (χ2n) is 7.35. The lowest BCUT2D eigenvalue weighted by molar-refractivity contribution is -0.130. The average Bonchev–Trinajstić information content (AvgIpc) is 3.30. The summed E-state index contributed by atoms with van der Waals surface area (Å²) in [6.45, 7) is 3.21. The van der Waals surface area contributed by atoms with E-state index in [2.05, 4.69) is 20.6 Å². The summed E-state index contributed by atoms with van der Waals surface area (Å²) in [5.41, 5.74) is 0.616. The van der Waals surface area contributed by atoms with Crippen LogP contribution in [-0.2, 0) is 14.3 Å². The van der Waals surface area contributed by atoms with Crippen LogP contribution in [0.5, 0.6) is 11.5 Å². The van der Waals surface area contributed by atoms with Crippen molar-refractivity contribution in [3.05, 3.63) is 12.1 Å². The van der Waals surface area contributed by atoms with Gasteiger partial charge in [0.15, 0.2) is 11.5 Å². The van der Waals surface area contributed by atoms with Gasteiger partial charge in [0.25, 0.3) is 0 Å². The lowest BCUT2D eigenvalue weighted by Gasteiger charge is -2.20. The van der Waals surface area contributed by atoms with Gasteiger partial charge in [0.2, 0.25) is 17.8 Å². The van der Waals surface area contributed by atoms with E-state index >= 15 is 0 Å². The summed E-state index contributed by atoms with van der Waals surface area (Å²) >= 11 is 0. The van der Waals surface area contributed by atoms with Crippen LogP contribution >= 0.6 is 0 Å². The Kier molecular flexibility index (Phi) is 7.45. The van der Waals surface area contributed by atoms with Crippen molar-refractivity contribution in [1.29, 1.82) is 0 Å². The summed E-state index contributed by atoms with van der Waals surface area (Å²) in [4.78, 5) is 34.8. The van der Waals surface area contributed by atoms with Crippen molar-refractivity contribution < 1.29 is 23.8 Å². The second kappa shape index (κ2) is 10.3. The molecular formula is C21H29N5O5. The molecule has 1 fully saturated rings. The van der Waals surface area contributed by atoms with Crippen molar-refractivity contribution in [2.75, 3.05) is 51.2 Å². The maximum absolute atomic E-state index is 12.0. The number of aromatic nitrogens is 2. The Hall–Kier alpha value is -3.14. The number of amides is 2. The highest BCUT2D eigenvalue weighted by Gasteiger charge is 2.23. The van der Waals surface area contributed by atoms with Crippen LogP contribution in [0.3, 0.4) is 0 Å². The van der Waals surface area contributed by atoms with Crippen LogP contribution in [0.2, 0.25) is 0 Å². The smallest absolute Gasteiger partial charge is 0.249 e. The first-order valence-corrected chi connectivity index (χ1v) is 10.2. The van der Waals surface area contributed by atoms with Crippen molar-refractivity contribution in [3.63, 3.8) is 0 Å². The number of carbonyl (C=O) groups is 2. The molecule has 1 atom stereocenters. The van der Waals surface area contributed by atoms with E-state index in [9.17, 15) is 9.59 Å². The van der Waals surface area contributed by atoms with Crippen molar-refractivity contribution in [2.45, 2.75) is 32.3 Å². The lowest BCUT2D eigenvalue weighted by atomic mass is 10.2. The van der Waals surface area contributed by atoms with Crippen LogP contribution in [0.4, 0.5) is 11.8 Å². The average molecular weight is 431 g/mol. The molecule has 0 saturated carbocycles. The Labute approximate surface area is 181 Å². The minimum atomic E-state index is -0.325. The molecule has 2 N–H and O–H groups in total. The number of hydrogen-bond acceptors (Lipinski definition) is 8. The van der Waals surface area contributed by atoms with Gasteiger partial charge in [-0.2, -0.15) is 4.98 Å². The van der Waals surface area contributed by atoms with E-state index in [1.165, 1.54) is 6.92 Å². The van der Waals surface area contributed by atoms with Crippen LogP contribution in [0.1, 0.15) is 26.2 Å². The molecule has 2 heterocycles. The van der Waals surface area contributed by atoms with Gasteiger partial charge < -0.3 is 29.7 Å². The van der Waals surface area contributed by atoms with Crippen LogP contribution in [-0.4, -0.2) is 68.8 Å². The molecule has 1 saturated heterocycles. The maximum Gasteiger partial charge on any atom is 0.249 e. The molecule has 168 valence electrons. The zero-order valence-electron chi connectivity index (χ0n) is 18.4. The summed E-state index contributed by atoms with van der Waals surface area (Å²) in [6.07, 6.45) is 2.08. The topological polar surface area (TPSA) is 115 Å². The van der Waals surface area contributed by atoms with E-state index in [0.29, 0.717) is 60.3 Å². The minimum absolute atomic E-state index is 0.0592. The highest BCUT2D eigenvalue weighted by atomic mass is 16.5. The molecule has 0 bridgehead atoms. The molecule has 1 aromatic carbocycles. The summed E-state index contributed by atoms with van der Waals surface area (Å²) in [6, 6.07) is 3.49. The third-order valence-corrected chi connectivity index (χ3v) is 5.02. The molecule has 1 aliphatic heterocycles. The number of fused-ring (bicyclic) bond motifs is 1. The zero-order valence-corrected chi connectivity index (χ0v) is 18.4. The minimum Gasteiger partial charge on any atom is -0.493 e. The molecule has 1 aromatic heterocycles. The third-order valence-electron chi connectivity index (χ3n) is 5.02. The maximum atomic E-state index is 12.0. The monoisotopic (exact) mass is 431 g/mol. The van der Waals surface area contributed by atoms with Gasteiger partial charge in [0, 0.05) is 45.1 Å². The predicted octanol–water partition coefficient (Wildman–Crippen LogP) is 1.73. The number of benzene rings is 1. The molecule has 2 amide bonds. The molecule has 2 aromatic rings. The molecule has 0 radical (unpaired) electrons. The number of methoxy groups -OCH3 is 2. The summed E-state index contributed by atoms with van der Waals surface area (Å²) in [5, 5.41) is 6.32. The summed E-state index contributed by atoms with van der Waals surface area (Å²) in [7, 11) is 4.96. The van der Waals surface area contributed by atoms with Gasteiger partial charge in [-0.3, -0.25) is 9.59 Å². The number of hydrogen-bond donors (Lipinski definition) is 2. The van der Waals surface area contributed by atoms with Crippen LogP contribution in [0.15, 0.2) is 12.1 Å². The SMILES string of the molecule is COc1cc2nc(N(C)CCCNC(=O)C3CCCO3)nc(NC(C)=O)c2cc1OC. The Morgan fingerprint density at radius 1 is 1.23 bits per heavy atom. The quantitative estimate of drug-likeness (QED) is 0.577. The van der Waals surface area contributed by atoms with Gasteiger partial charge in [0.1, 0.15) is 11.9 Å². The summed E-state index contributed by atoms with van der Waals surface area (Å²) < 4.78 is 16.1. The van der Waals surface area contributed by atoms with Crippen molar-refractivity contribution in [3.8, 4) is 11.5 Å². The number of rotatable bonds is 9. The molecule has 10 nitrogen and oxygen atoms in total. The van der Waals surface area contributed by atoms with Crippen LogP contribution in [0, 0.1) is 0 Å². The summed E-state index contributed by atoms with van der Waals surface area (Å²) in [5.74, 6) is 1.61. The molecule has 0 aliphatic carbocycles. The Morgan fingerprint density at radius 3 is 2.61 bits per heavy atom. The van der Waals surface area contributed by atoms with E-state index in [1.807, 2.05) is 11.9 Å². The van der Waals surface area contributed by atoms with Gasteiger partial charge in [-0.1, -0.05) is 0 Å². The molecule has 0 spiro atoms. The van der Waals surface area contributed by atoms with Crippen molar-refractivity contribution >= 4 is 34.5 Å². The highest BCUT2D eigenvalue weighted by molar-refractivity contribution is 6.00. The van der Waals surface area contributed by atoms with Gasteiger partial charge >= 0.3 is 0 Å². The Balaban J connectivity index is 1.73. The van der Waals surface area contributed by atoms with Crippen LogP contribution < -0.4 is 25.0 Å². The fraction of sp³-hybridized carbons (Fsp3) is 0.524. The van der Waals surface area contributed by atoms with Crippen molar-refractivity contribution in [2.24, 2.45) is 0 Å². The first kappa shape index (κ1) is 22.5. The molecule has 31 heavy (non-hydrogen) atoms. The molecule has 3 rings (SSSR count). The van der Waals surface area contributed by atoms with E-state index in [4.69, 9.17) is 14.2 Å². The molecule has 1 unspecified atom stereocenters. The Bertz CT molecular complexity index is 945. The number of ether oxygens (including phenoxy) is 3. The first-order chi connectivity index (χ1) is 14.9. The lowest BCUT2D eigenvalue weighted by Crippen LogP contribution is -2.36.